The van der Waals surface area contributed by atoms with E-state index >= 15 is 0 Å². The topological polar surface area (TPSA) is 66.7 Å². The summed E-state index contributed by atoms with van der Waals surface area (Å²) in [4.78, 5) is 28.9. The van der Waals surface area contributed by atoms with Gasteiger partial charge in [0.25, 0.3) is 0 Å². The summed E-state index contributed by atoms with van der Waals surface area (Å²) in [6, 6.07) is 10.5. The van der Waals surface area contributed by atoms with Gasteiger partial charge < -0.3 is 5.11 Å². The number of benzene rings is 2. The van der Waals surface area contributed by atoms with Gasteiger partial charge in [0.15, 0.2) is 5.78 Å². The molecule has 0 fully saturated rings. The maximum Gasteiger partial charge on any atom is 0.207 e. The molecule has 0 amide bonds. The van der Waals surface area contributed by atoms with Crippen LogP contribution < -0.4 is 0 Å². The summed E-state index contributed by atoms with van der Waals surface area (Å²) in [5.74, 6) is -0.0907. The molecule has 2 aromatic rings. The van der Waals surface area contributed by atoms with E-state index in [1.807, 2.05) is 12.1 Å². The summed E-state index contributed by atoms with van der Waals surface area (Å²) in [7, 11) is 0. The number of rotatable bonds is 3. The van der Waals surface area contributed by atoms with Gasteiger partial charge in [0, 0.05) is 17.7 Å². The van der Waals surface area contributed by atoms with Crippen LogP contribution >= 0.6 is 31.9 Å². The summed E-state index contributed by atoms with van der Waals surface area (Å²) < 4.78 is 1.19. The van der Waals surface area contributed by atoms with Gasteiger partial charge in [-0.1, -0.05) is 24.3 Å². The number of aliphatic imine (C=N–C) groups is 1. The van der Waals surface area contributed by atoms with Gasteiger partial charge in [0.2, 0.25) is 5.78 Å². The molecule has 0 saturated heterocycles. The summed E-state index contributed by atoms with van der Waals surface area (Å²) >= 11 is 6.57. The summed E-state index contributed by atoms with van der Waals surface area (Å²) in [5, 5.41) is 9.71. The van der Waals surface area contributed by atoms with Gasteiger partial charge >= 0.3 is 0 Å². The number of fused-ring (bicyclic) bond motifs is 1. The Morgan fingerprint density at radius 1 is 1.04 bits per heavy atom. The molecule has 0 spiro atoms. The van der Waals surface area contributed by atoms with Gasteiger partial charge in [0.05, 0.1) is 21.1 Å². The number of carbonyl (C=O) groups is 2. The molecular formula is C18H13Br2NO3. The number of nitrogens with zero attached hydrogens (tertiary/aromatic N) is 1. The van der Waals surface area contributed by atoms with Gasteiger partial charge in [-0.25, -0.2) is 0 Å². The quantitative estimate of drug-likeness (QED) is 0.754. The van der Waals surface area contributed by atoms with Crippen molar-refractivity contribution in [2.24, 2.45) is 4.99 Å². The molecule has 0 unspecified atom stereocenters. The number of phenols is 1. The van der Waals surface area contributed by atoms with Crippen molar-refractivity contribution < 1.29 is 14.7 Å². The first kappa shape index (κ1) is 17.0. The molecule has 122 valence electrons. The maximum atomic E-state index is 12.4. The van der Waals surface area contributed by atoms with Crippen LogP contribution in [-0.2, 0) is 6.42 Å². The molecule has 0 bridgehead atoms. The zero-order valence-electron chi connectivity index (χ0n) is 12.6. The third-order valence-electron chi connectivity index (χ3n) is 3.84. The highest BCUT2D eigenvalue weighted by Gasteiger charge is 2.28. The van der Waals surface area contributed by atoms with Crippen LogP contribution in [0.3, 0.4) is 0 Å². The van der Waals surface area contributed by atoms with Gasteiger partial charge in [-0.15, -0.1) is 0 Å². The highest BCUT2D eigenvalue weighted by Crippen LogP contribution is 2.33. The van der Waals surface area contributed by atoms with Crippen LogP contribution in [0.25, 0.3) is 0 Å². The Kier molecular flexibility index (Phi) is 4.96. The van der Waals surface area contributed by atoms with Gasteiger partial charge in [-0.3, -0.25) is 14.6 Å². The van der Waals surface area contributed by atoms with E-state index in [0.29, 0.717) is 38.7 Å². The van der Waals surface area contributed by atoms with E-state index in [1.165, 1.54) is 0 Å². The number of hydrogen-bond acceptors (Lipinski definition) is 4. The predicted octanol–water partition coefficient (Wildman–Crippen LogP) is 4.37. The smallest absolute Gasteiger partial charge is 0.207 e. The zero-order valence-corrected chi connectivity index (χ0v) is 15.7. The molecule has 2 aromatic carbocycles. The second-order valence-corrected chi connectivity index (χ2v) is 7.17. The molecule has 0 heterocycles. The van der Waals surface area contributed by atoms with Gasteiger partial charge in [-0.2, -0.15) is 0 Å². The summed E-state index contributed by atoms with van der Waals surface area (Å²) in [6.45, 7) is 0.403. The number of Topliss-reactive ketones (excluding diaryl/α,β-unsaturated/α-hetero) is 2. The molecular weight excluding hydrogens is 438 g/mol. The van der Waals surface area contributed by atoms with E-state index in [4.69, 9.17) is 0 Å². The van der Waals surface area contributed by atoms with Crippen LogP contribution in [-0.4, -0.2) is 28.9 Å². The van der Waals surface area contributed by atoms with Crippen molar-refractivity contribution in [3.8, 4) is 5.75 Å². The van der Waals surface area contributed by atoms with Crippen LogP contribution in [0.2, 0.25) is 0 Å². The highest BCUT2D eigenvalue weighted by atomic mass is 79.9. The monoisotopic (exact) mass is 449 g/mol. The van der Waals surface area contributed by atoms with E-state index in [0.717, 1.165) is 5.56 Å². The average Bonchev–Trinajstić information content (AvgIpc) is 2.57. The normalized spacial score (nSPS) is 15.7. The SMILES string of the molecule is O=C1CC(=NCCc2cc(Br)c(O)c(Br)c2)C(=O)c2ccccc21. The standard InChI is InChI=1S/C18H13Br2NO3/c19-13-7-10(8-14(20)18(13)24)5-6-21-15-9-16(22)11-3-1-2-4-12(11)17(15)23/h1-4,7-8,24H,5-6,9H2. The lowest BCUT2D eigenvalue weighted by molar-refractivity contribution is 0.0964. The lowest BCUT2D eigenvalue weighted by atomic mass is 9.88. The number of aromatic hydroxyl groups is 1. The molecule has 24 heavy (non-hydrogen) atoms. The molecule has 6 heteroatoms. The van der Waals surface area contributed by atoms with E-state index in [2.05, 4.69) is 36.9 Å². The maximum absolute atomic E-state index is 12.4. The molecule has 1 aliphatic carbocycles. The van der Waals surface area contributed by atoms with Crippen molar-refractivity contribution in [3.05, 3.63) is 62.0 Å². The lowest BCUT2D eigenvalue weighted by Crippen LogP contribution is -2.27. The van der Waals surface area contributed by atoms with Crippen LogP contribution in [0, 0.1) is 0 Å². The van der Waals surface area contributed by atoms with E-state index in [-0.39, 0.29) is 23.7 Å². The number of phenolic OH excluding ortho intramolecular Hbond substituents is 1. The first-order valence-electron chi connectivity index (χ1n) is 7.34. The second-order valence-electron chi connectivity index (χ2n) is 5.46. The van der Waals surface area contributed by atoms with E-state index in [9.17, 15) is 14.7 Å². The molecule has 1 aliphatic rings. The molecule has 0 aromatic heterocycles. The molecule has 1 N–H and O–H groups in total. The largest absolute Gasteiger partial charge is 0.506 e. The van der Waals surface area contributed by atoms with Crippen molar-refractivity contribution in [3.63, 3.8) is 0 Å². The number of ketones is 2. The van der Waals surface area contributed by atoms with Crippen LogP contribution in [0.1, 0.15) is 32.7 Å². The summed E-state index contributed by atoms with van der Waals surface area (Å²) in [5.41, 5.74) is 2.19. The Balaban J connectivity index is 1.76. The molecule has 3 rings (SSSR count). The fourth-order valence-corrected chi connectivity index (χ4v) is 3.90. The Bertz CT molecular complexity index is 851. The number of halogens is 2. The highest BCUT2D eigenvalue weighted by molar-refractivity contribution is 9.11. The number of hydrogen-bond donors (Lipinski definition) is 1. The number of carbonyl (C=O) groups excluding carboxylic acids is 2. The van der Waals surface area contributed by atoms with Crippen LogP contribution in [0.4, 0.5) is 0 Å². The Hall–Kier alpha value is -1.79. The average molecular weight is 451 g/mol. The first-order chi connectivity index (χ1) is 11.5. The first-order valence-corrected chi connectivity index (χ1v) is 8.93. The fourth-order valence-electron chi connectivity index (χ4n) is 2.62. The lowest BCUT2D eigenvalue weighted by Gasteiger charge is -2.15. The van der Waals surface area contributed by atoms with Crippen molar-refractivity contribution in [1.82, 2.24) is 0 Å². The fraction of sp³-hybridized carbons (Fsp3) is 0.167. The minimum Gasteiger partial charge on any atom is -0.506 e. The van der Waals surface area contributed by atoms with Crippen LogP contribution in [0.15, 0.2) is 50.3 Å². The van der Waals surface area contributed by atoms with Crippen molar-refractivity contribution in [2.75, 3.05) is 6.54 Å². The third kappa shape index (κ3) is 3.35. The minimum absolute atomic E-state index is 0.0544. The third-order valence-corrected chi connectivity index (χ3v) is 5.05. The van der Waals surface area contributed by atoms with Crippen molar-refractivity contribution in [1.29, 1.82) is 0 Å². The summed E-state index contributed by atoms with van der Waals surface area (Å²) in [6.07, 6.45) is 0.656. The van der Waals surface area contributed by atoms with Crippen molar-refractivity contribution in [2.45, 2.75) is 12.8 Å². The van der Waals surface area contributed by atoms with Gasteiger partial charge in [0.1, 0.15) is 5.75 Å². The Morgan fingerprint density at radius 2 is 1.67 bits per heavy atom. The van der Waals surface area contributed by atoms with Gasteiger partial charge in [-0.05, 0) is 56.0 Å². The Morgan fingerprint density at radius 3 is 2.33 bits per heavy atom. The molecule has 0 radical (unpaired) electrons. The van der Waals surface area contributed by atoms with E-state index < -0.39 is 0 Å². The van der Waals surface area contributed by atoms with Crippen LogP contribution in [0.5, 0.6) is 5.75 Å². The molecule has 0 aliphatic heterocycles. The predicted molar refractivity (Wildman–Crippen MR) is 99.2 cm³/mol. The molecule has 0 saturated carbocycles. The second kappa shape index (κ2) is 6.99. The molecule has 0 atom stereocenters. The minimum atomic E-state index is -0.168. The molecule has 4 nitrogen and oxygen atoms in total. The van der Waals surface area contributed by atoms with E-state index in [1.54, 1.807) is 24.3 Å². The zero-order chi connectivity index (χ0) is 17.3. The van der Waals surface area contributed by atoms with Crippen molar-refractivity contribution >= 4 is 49.1 Å². The Labute approximate surface area is 155 Å².